The maximum absolute atomic E-state index is 10.6. The van der Waals surface area contributed by atoms with E-state index < -0.39 is 5.97 Å². The first-order valence-corrected chi connectivity index (χ1v) is 8.07. The summed E-state index contributed by atoms with van der Waals surface area (Å²) in [5.41, 5.74) is 2.13. The minimum atomic E-state index is -0.739. The molecule has 0 atom stereocenters. The number of nitrogens with zero attached hydrogens (tertiary/aromatic N) is 2. The van der Waals surface area contributed by atoms with E-state index in [9.17, 15) is 4.79 Å². The molecule has 0 aliphatic rings. The molecule has 0 radical (unpaired) electrons. The van der Waals surface area contributed by atoms with Gasteiger partial charge in [0.2, 0.25) is 0 Å². The van der Waals surface area contributed by atoms with Gasteiger partial charge in [-0.15, -0.1) is 22.7 Å². The molecule has 3 aromatic heterocycles. The first-order valence-electron chi connectivity index (χ1n) is 6.37. The van der Waals surface area contributed by atoms with Crippen LogP contribution in [0.25, 0.3) is 15.5 Å². The molecule has 0 spiro atoms. The molecule has 0 fully saturated rings. The fourth-order valence-corrected chi connectivity index (χ4v) is 3.85. The molecule has 0 aliphatic heterocycles. The number of carbonyl (C=O) groups is 1. The quantitative estimate of drug-likeness (QED) is 0.779. The smallest absolute Gasteiger partial charge is 0.303 e. The second kappa shape index (κ2) is 5.38. The van der Waals surface area contributed by atoms with E-state index >= 15 is 0 Å². The van der Waals surface area contributed by atoms with Gasteiger partial charge in [0, 0.05) is 28.6 Å². The van der Waals surface area contributed by atoms with Crippen molar-refractivity contribution in [2.75, 3.05) is 0 Å². The molecule has 6 heteroatoms. The Bertz CT molecular complexity index is 754. The Morgan fingerprint density at radius 1 is 1.45 bits per heavy atom. The molecular weight excluding hydrogens is 292 g/mol. The molecule has 0 aromatic carbocycles. The normalized spacial score (nSPS) is 11.2. The van der Waals surface area contributed by atoms with Gasteiger partial charge in [-0.1, -0.05) is 0 Å². The van der Waals surface area contributed by atoms with Gasteiger partial charge in [-0.2, -0.15) is 0 Å². The van der Waals surface area contributed by atoms with Gasteiger partial charge in [0.05, 0.1) is 4.88 Å². The molecular formula is C14H14N2O2S2. The predicted octanol–water partition coefficient (Wildman–Crippen LogP) is 3.84. The van der Waals surface area contributed by atoms with Crippen LogP contribution in [0.2, 0.25) is 0 Å². The third-order valence-corrected chi connectivity index (χ3v) is 5.01. The Morgan fingerprint density at radius 3 is 3.00 bits per heavy atom. The van der Waals surface area contributed by atoms with Gasteiger partial charge in [-0.05, 0) is 31.9 Å². The van der Waals surface area contributed by atoms with Crippen LogP contribution in [0, 0.1) is 6.92 Å². The van der Waals surface area contributed by atoms with Crippen LogP contribution < -0.4 is 0 Å². The molecule has 3 aromatic rings. The van der Waals surface area contributed by atoms with Crippen LogP contribution in [0.15, 0.2) is 23.7 Å². The molecule has 0 amide bonds. The first kappa shape index (κ1) is 13.3. The number of thiazole rings is 1. The van der Waals surface area contributed by atoms with Gasteiger partial charge in [-0.3, -0.25) is 9.20 Å². The van der Waals surface area contributed by atoms with Gasteiger partial charge >= 0.3 is 5.97 Å². The number of rotatable bonds is 5. The van der Waals surface area contributed by atoms with E-state index in [1.54, 1.807) is 22.7 Å². The van der Waals surface area contributed by atoms with Crippen LogP contribution in [0.3, 0.4) is 0 Å². The first-order chi connectivity index (χ1) is 9.63. The number of aromatic nitrogens is 2. The summed E-state index contributed by atoms with van der Waals surface area (Å²) in [5, 5.41) is 10.8. The molecule has 0 unspecified atom stereocenters. The molecule has 0 saturated heterocycles. The lowest BCUT2D eigenvalue weighted by atomic mass is 10.2. The SMILES string of the molecule is Cc1ccc(-c2cn3c(CCCC(=O)O)csc3n2)s1. The highest BCUT2D eigenvalue weighted by Gasteiger charge is 2.11. The summed E-state index contributed by atoms with van der Waals surface area (Å²) in [6, 6.07) is 4.19. The number of aliphatic carboxylic acids is 1. The summed E-state index contributed by atoms with van der Waals surface area (Å²) in [6.07, 6.45) is 3.69. The summed E-state index contributed by atoms with van der Waals surface area (Å²) in [6.45, 7) is 2.09. The van der Waals surface area contributed by atoms with Crippen molar-refractivity contribution in [1.82, 2.24) is 9.38 Å². The maximum Gasteiger partial charge on any atom is 0.303 e. The average Bonchev–Trinajstić information content (AvgIpc) is 3.05. The predicted molar refractivity (Wildman–Crippen MR) is 81.7 cm³/mol. The van der Waals surface area contributed by atoms with Crippen molar-refractivity contribution < 1.29 is 9.90 Å². The number of hydrogen-bond acceptors (Lipinski definition) is 4. The number of imidazole rings is 1. The van der Waals surface area contributed by atoms with Gasteiger partial charge < -0.3 is 5.11 Å². The summed E-state index contributed by atoms with van der Waals surface area (Å²) >= 11 is 3.34. The number of carboxylic acids is 1. The van der Waals surface area contributed by atoms with Gasteiger partial charge in [0.15, 0.2) is 4.96 Å². The Hall–Kier alpha value is -1.66. The van der Waals surface area contributed by atoms with Crippen molar-refractivity contribution in [1.29, 1.82) is 0 Å². The third kappa shape index (κ3) is 2.62. The van der Waals surface area contributed by atoms with Crippen molar-refractivity contribution in [2.24, 2.45) is 0 Å². The van der Waals surface area contributed by atoms with Crippen LogP contribution in [0.5, 0.6) is 0 Å². The number of aryl methyl sites for hydroxylation is 2. The van der Waals surface area contributed by atoms with Crippen molar-refractivity contribution in [3.05, 3.63) is 34.3 Å². The largest absolute Gasteiger partial charge is 0.481 e. The summed E-state index contributed by atoms with van der Waals surface area (Å²) in [7, 11) is 0. The van der Waals surface area contributed by atoms with Crippen LogP contribution >= 0.6 is 22.7 Å². The molecule has 1 N–H and O–H groups in total. The second-order valence-electron chi connectivity index (χ2n) is 4.66. The lowest BCUT2D eigenvalue weighted by molar-refractivity contribution is -0.137. The molecule has 104 valence electrons. The topological polar surface area (TPSA) is 54.6 Å². The van der Waals surface area contributed by atoms with Gasteiger partial charge in [0.25, 0.3) is 0 Å². The fraction of sp³-hybridized carbons (Fsp3) is 0.286. The van der Waals surface area contributed by atoms with E-state index in [4.69, 9.17) is 5.11 Å². The standard InChI is InChI=1S/C14H14N2O2S2/c1-9-5-6-12(20-9)11-7-16-10(3-2-4-13(17)18)8-19-14(16)15-11/h5-8H,2-4H2,1H3,(H,17,18). The summed E-state index contributed by atoms with van der Waals surface area (Å²) in [5.74, 6) is -0.739. The number of thiophene rings is 1. The van der Waals surface area contributed by atoms with E-state index in [2.05, 4.69) is 33.8 Å². The fourth-order valence-electron chi connectivity index (χ4n) is 2.12. The minimum absolute atomic E-state index is 0.211. The Labute approximate surface area is 124 Å². The van der Waals surface area contributed by atoms with E-state index in [1.165, 1.54) is 9.75 Å². The van der Waals surface area contributed by atoms with E-state index in [-0.39, 0.29) is 6.42 Å². The molecule has 20 heavy (non-hydrogen) atoms. The van der Waals surface area contributed by atoms with E-state index in [0.717, 1.165) is 22.8 Å². The second-order valence-corrected chi connectivity index (χ2v) is 6.79. The highest BCUT2D eigenvalue weighted by atomic mass is 32.1. The highest BCUT2D eigenvalue weighted by Crippen LogP contribution is 2.29. The van der Waals surface area contributed by atoms with Crippen molar-refractivity contribution in [3.63, 3.8) is 0 Å². The van der Waals surface area contributed by atoms with E-state index in [1.807, 2.05) is 6.20 Å². The summed E-state index contributed by atoms with van der Waals surface area (Å²) in [4.78, 5) is 18.6. The lowest BCUT2D eigenvalue weighted by Gasteiger charge is -1.97. The number of carboxylic acid groups (broad SMARTS) is 1. The van der Waals surface area contributed by atoms with Crippen molar-refractivity contribution in [3.8, 4) is 10.6 Å². The lowest BCUT2D eigenvalue weighted by Crippen LogP contribution is -1.97. The van der Waals surface area contributed by atoms with Crippen LogP contribution in [0.1, 0.15) is 23.4 Å². The average molecular weight is 306 g/mol. The Kier molecular flexibility index (Phi) is 3.58. The Balaban J connectivity index is 1.85. The van der Waals surface area contributed by atoms with Crippen LogP contribution in [-0.4, -0.2) is 20.5 Å². The summed E-state index contributed by atoms with van der Waals surface area (Å²) < 4.78 is 2.08. The molecule has 0 aliphatic carbocycles. The maximum atomic E-state index is 10.6. The van der Waals surface area contributed by atoms with Crippen LogP contribution in [-0.2, 0) is 11.2 Å². The zero-order valence-corrected chi connectivity index (χ0v) is 12.6. The zero-order valence-electron chi connectivity index (χ0n) is 11.0. The Morgan fingerprint density at radius 2 is 2.30 bits per heavy atom. The van der Waals surface area contributed by atoms with Gasteiger partial charge in [-0.25, -0.2) is 4.98 Å². The molecule has 4 nitrogen and oxygen atoms in total. The number of fused-ring (bicyclic) bond motifs is 1. The van der Waals surface area contributed by atoms with Crippen molar-refractivity contribution in [2.45, 2.75) is 26.2 Å². The molecule has 3 rings (SSSR count). The zero-order chi connectivity index (χ0) is 14.1. The molecule has 0 bridgehead atoms. The molecule has 0 saturated carbocycles. The van der Waals surface area contributed by atoms with Crippen molar-refractivity contribution >= 4 is 33.6 Å². The monoisotopic (exact) mass is 306 g/mol. The van der Waals surface area contributed by atoms with E-state index in [0.29, 0.717) is 6.42 Å². The highest BCUT2D eigenvalue weighted by molar-refractivity contribution is 7.16. The van der Waals surface area contributed by atoms with Gasteiger partial charge in [0.1, 0.15) is 5.69 Å². The van der Waals surface area contributed by atoms with Crippen LogP contribution in [0.4, 0.5) is 0 Å². The molecule has 3 heterocycles. The third-order valence-electron chi connectivity index (χ3n) is 3.10. The minimum Gasteiger partial charge on any atom is -0.481 e. The number of hydrogen-bond donors (Lipinski definition) is 1.